The van der Waals surface area contributed by atoms with Crippen molar-refractivity contribution in [3.63, 3.8) is 0 Å². The number of alkyl halides is 2. The van der Waals surface area contributed by atoms with E-state index in [0.29, 0.717) is 12.8 Å². The van der Waals surface area contributed by atoms with Gasteiger partial charge in [-0.15, -0.1) is 0 Å². The number of halogens is 3. The molecule has 0 aromatic heterocycles. The molecule has 0 radical (unpaired) electrons. The van der Waals surface area contributed by atoms with E-state index in [9.17, 15) is 13.2 Å². The molecule has 2 N–H and O–H groups in total. The van der Waals surface area contributed by atoms with Crippen LogP contribution in [0.5, 0.6) is 0 Å². The van der Waals surface area contributed by atoms with E-state index >= 15 is 0 Å². The second-order valence-electron chi connectivity index (χ2n) is 4.07. The summed E-state index contributed by atoms with van der Waals surface area (Å²) >= 11 is 0. The highest BCUT2D eigenvalue weighted by molar-refractivity contribution is 5.26. The highest BCUT2D eigenvalue weighted by atomic mass is 19.3. The Morgan fingerprint density at radius 3 is 2.13 bits per heavy atom. The third-order valence-electron chi connectivity index (χ3n) is 3.12. The number of benzene rings is 1. The van der Waals surface area contributed by atoms with Gasteiger partial charge in [0, 0.05) is 12.1 Å². The Balaban J connectivity index is 2.33. The highest BCUT2D eigenvalue weighted by Gasteiger charge is 2.61. The first-order chi connectivity index (χ1) is 7.02. The van der Waals surface area contributed by atoms with Crippen molar-refractivity contribution in [2.24, 2.45) is 11.1 Å². The zero-order valence-corrected chi connectivity index (χ0v) is 8.14. The molecule has 1 aromatic rings. The standard InChI is InChI=1S/C11H12F3N/c12-9-3-1-8(2-4-9)11(13,14)10(7-15)5-6-10/h1-4H,5-7,15H2. The van der Waals surface area contributed by atoms with E-state index in [1.165, 1.54) is 0 Å². The van der Waals surface area contributed by atoms with Crippen LogP contribution < -0.4 is 5.73 Å². The van der Waals surface area contributed by atoms with Gasteiger partial charge in [-0.2, -0.15) is 0 Å². The largest absolute Gasteiger partial charge is 0.330 e. The summed E-state index contributed by atoms with van der Waals surface area (Å²) in [6.07, 6.45) is 0.877. The molecule has 4 heteroatoms. The minimum absolute atomic E-state index is 0.0304. The summed E-state index contributed by atoms with van der Waals surface area (Å²) in [5.41, 5.74) is 4.13. The lowest BCUT2D eigenvalue weighted by molar-refractivity contribution is -0.0762. The number of rotatable bonds is 3. The van der Waals surface area contributed by atoms with Gasteiger partial charge in [-0.25, -0.2) is 13.2 Å². The molecule has 1 nitrogen and oxygen atoms in total. The summed E-state index contributed by atoms with van der Waals surface area (Å²) in [6, 6.07) is 4.36. The maximum atomic E-state index is 13.9. The molecular formula is C11H12F3N. The van der Waals surface area contributed by atoms with Gasteiger partial charge < -0.3 is 5.73 Å². The van der Waals surface area contributed by atoms with Gasteiger partial charge in [-0.1, -0.05) is 12.1 Å². The van der Waals surface area contributed by atoms with E-state index in [2.05, 4.69) is 0 Å². The first kappa shape index (κ1) is 10.5. The number of nitrogens with two attached hydrogens (primary N) is 1. The highest BCUT2D eigenvalue weighted by Crippen LogP contribution is 2.60. The molecule has 0 heterocycles. The van der Waals surface area contributed by atoms with Crippen molar-refractivity contribution in [1.82, 2.24) is 0 Å². The molecule has 0 saturated heterocycles. The van der Waals surface area contributed by atoms with Gasteiger partial charge in [0.05, 0.1) is 5.41 Å². The summed E-state index contributed by atoms with van der Waals surface area (Å²) in [5.74, 6) is -3.46. The van der Waals surface area contributed by atoms with Crippen LogP contribution in [0.4, 0.5) is 13.2 Å². The van der Waals surface area contributed by atoms with E-state index in [1.807, 2.05) is 0 Å². The van der Waals surface area contributed by atoms with Crippen LogP contribution in [0.1, 0.15) is 18.4 Å². The van der Waals surface area contributed by atoms with Crippen LogP contribution in [0.3, 0.4) is 0 Å². The Hall–Kier alpha value is -1.03. The SMILES string of the molecule is NCC1(C(F)(F)c2ccc(F)cc2)CC1. The average molecular weight is 215 g/mol. The first-order valence-electron chi connectivity index (χ1n) is 4.86. The molecule has 0 spiro atoms. The number of hydrogen-bond acceptors (Lipinski definition) is 1. The Labute approximate surface area is 86.1 Å². The fourth-order valence-corrected chi connectivity index (χ4v) is 1.76. The molecule has 1 aliphatic rings. The van der Waals surface area contributed by atoms with Crippen LogP contribution in [0, 0.1) is 11.2 Å². The van der Waals surface area contributed by atoms with Crippen molar-refractivity contribution in [3.05, 3.63) is 35.6 Å². The maximum Gasteiger partial charge on any atom is 0.279 e. The Morgan fingerprint density at radius 2 is 1.73 bits per heavy atom. The molecule has 2 rings (SSSR count). The van der Waals surface area contributed by atoms with Gasteiger partial charge in [0.25, 0.3) is 5.92 Å². The molecule has 0 atom stereocenters. The summed E-state index contributed by atoms with van der Waals surface area (Å²) in [6.45, 7) is -0.0304. The molecule has 1 aliphatic carbocycles. The van der Waals surface area contributed by atoms with Crippen LogP contribution >= 0.6 is 0 Å². The third kappa shape index (κ3) is 1.53. The summed E-state index contributed by atoms with van der Waals surface area (Å²) < 4.78 is 40.5. The summed E-state index contributed by atoms with van der Waals surface area (Å²) in [5, 5.41) is 0. The van der Waals surface area contributed by atoms with Crippen molar-refractivity contribution in [2.45, 2.75) is 18.8 Å². The van der Waals surface area contributed by atoms with Crippen LogP contribution in [-0.2, 0) is 5.92 Å². The quantitative estimate of drug-likeness (QED) is 0.824. The molecule has 82 valence electrons. The van der Waals surface area contributed by atoms with Crippen molar-refractivity contribution in [1.29, 1.82) is 0 Å². The van der Waals surface area contributed by atoms with Gasteiger partial charge in [-0.3, -0.25) is 0 Å². The number of hydrogen-bond donors (Lipinski definition) is 1. The normalized spacial score (nSPS) is 18.9. The predicted octanol–water partition coefficient (Wildman–Crippen LogP) is 2.66. The lowest BCUT2D eigenvalue weighted by Gasteiger charge is -2.25. The lowest BCUT2D eigenvalue weighted by atomic mass is 9.91. The average Bonchev–Trinajstić information content (AvgIpc) is 2.99. The Bertz CT molecular complexity index is 355. The van der Waals surface area contributed by atoms with Gasteiger partial charge in [0.2, 0.25) is 0 Å². The molecule has 1 saturated carbocycles. The lowest BCUT2D eigenvalue weighted by Crippen LogP contribution is -2.33. The van der Waals surface area contributed by atoms with Crippen LogP contribution in [0.25, 0.3) is 0 Å². The molecule has 0 bridgehead atoms. The molecule has 0 unspecified atom stereocenters. The second-order valence-corrected chi connectivity index (χ2v) is 4.07. The van der Waals surface area contributed by atoms with Crippen molar-refractivity contribution >= 4 is 0 Å². The van der Waals surface area contributed by atoms with Gasteiger partial charge in [-0.05, 0) is 25.0 Å². The van der Waals surface area contributed by atoms with Crippen molar-refractivity contribution in [2.75, 3.05) is 6.54 Å². The zero-order valence-electron chi connectivity index (χ0n) is 8.14. The van der Waals surface area contributed by atoms with Gasteiger partial charge in [0.1, 0.15) is 5.82 Å². The van der Waals surface area contributed by atoms with E-state index in [0.717, 1.165) is 24.3 Å². The van der Waals surface area contributed by atoms with Crippen LogP contribution in [0.15, 0.2) is 24.3 Å². The minimum Gasteiger partial charge on any atom is -0.330 e. The first-order valence-corrected chi connectivity index (χ1v) is 4.86. The molecule has 0 amide bonds. The Morgan fingerprint density at radius 1 is 1.20 bits per heavy atom. The minimum atomic E-state index is -2.95. The molecule has 1 fully saturated rings. The summed E-state index contributed by atoms with van der Waals surface area (Å²) in [7, 11) is 0. The molecule has 15 heavy (non-hydrogen) atoms. The van der Waals surface area contributed by atoms with E-state index in [-0.39, 0.29) is 12.1 Å². The van der Waals surface area contributed by atoms with Crippen molar-refractivity contribution in [3.8, 4) is 0 Å². The van der Waals surface area contributed by atoms with E-state index in [1.54, 1.807) is 0 Å². The Kier molecular flexibility index (Phi) is 2.26. The van der Waals surface area contributed by atoms with Crippen LogP contribution in [-0.4, -0.2) is 6.54 Å². The fraction of sp³-hybridized carbons (Fsp3) is 0.455. The molecule has 0 aliphatic heterocycles. The molecule has 1 aromatic carbocycles. The fourth-order valence-electron chi connectivity index (χ4n) is 1.76. The topological polar surface area (TPSA) is 26.0 Å². The smallest absolute Gasteiger partial charge is 0.279 e. The van der Waals surface area contributed by atoms with Crippen LogP contribution in [0.2, 0.25) is 0 Å². The van der Waals surface area contributed by atoms with Gasteiger partial charge >= 0.3 is 0 Å². The zero-order chi connectivity index (χ0) is 11.1. The van der Waals surface area contributed by atoms with Gasteiger partial charge in [0.15, 0.2) is 0 Å². The van der Waals surface area contributed by atoms with E-state index in [4.69, 9.17) is 5.73 Å². The third-order valence-corrected chi connectivity index (χ3v) is 3.12. The second kappa shape index (κ2) is 3.23. The summed E-state index contributed by atoms with van der Waals surface area (Å²) in [4.78, 5) is 0. The van der Waals surface area contributed by atoms with E-state index < -0.39 is 17.2 Å². The molecular weight excluding hydrogens is 203 g/mol. The predicted molar refractivity (Wildman–Crippen MR) is 51.0 cm³/mol. The monoisotopic (exact) mass is 215 g/mol. The maximum absolute atomic E-state index is 13.9. The van der Waals surface area contributed by atoms with Crippen molar-refractivity contribution < 1.29 is 13.2 Å².